The fourth-order valence-corrected chi connectivity index (χ4v) is 3.09. The number of ether oxygens (including phenoxy) is 2. The molecule has 0 bridgehead atoms. The van der Waals surface area contributed by atoms with Crippen LogP contribution in [0.5, 0.6) is 0 Å². The number of esters is 2. The van der Waals surface area contributed by atoms with Gasteiger partial charge in [0.1, 0.15) is 0 Å². The molecular weight excluding hydrogens is 395 g/mol. The molecule has 1 N–H and O–H groups in total. The molecule has 7 nitrogen and oxygen atoms in total. The Kier molecular flexibility index (Phi) is 19.0. The molecule has 28 heavy (non-hydrogen) atoms. The van der Waals surface area contributed by atoms with E-state index in [-0.39, 0.29) is 48.7 Å². The summed E-state index contributed by atoms with van der Waals surface area (Å²) in [6.07, 6.45) is 8.59. The van der Waals surface area contributed by atoms with Gasteiger partial charge < -0.3 is 9.47 Å². The molecule has 0 aliphatic heterocycles. The average molecular weight is 432 g/mol. The van der Waals surface area contributed by atoms with E-state index in [1.807, 2.05) is 13.8 Å². The van der Waals surface area contributed by atoms with Crippen molar-refractivity contribution in [1.82, 2.24) is 0 Å². The zero-order valence-electron chi connectivity index (χ0n) is 17.9. The fourth-order valence-electron chi connectivity index (χ4n) is 2.43. The van der Waals surface area contributed by atoms with E-state index in [1.54, 1.807) is 0 Å². The molecule has 1 atom stereocenters. The summed E-state index contributed by atoms with van der Waals surface area (Å²) < 4.78 is 41.8. The van der Waals surface area contributed by atoms with Gasteiger partial charge in [-0.05, 0) is 18.8 Å². The number of rotatable bonds is 16. The zero-order chi connectivity index (χ0) is 20.7. The van der Waals surface area contributed by atoms with E-state index in [4.69, 9.17) is 9.47 Å². The maximum absolute atomic E-state index is 11.9. The van der Waals surface area contributed by atoms with Crippen molar-refractivity contribution >= 4 is 51.6 Å². The molecule has 0 saturated heterocycles. The van der Waals surface area contributed by atoms with Crippen molar-refractivity contribution < 1.29 is 32.0 Å². The van der Waals surface area contributed by atoms with Gasteiger partial charge >= 0.3 is 11.9 Å². The summed E-state index contributed by atoms with van der Waals surface area (Å²) in [6, 6.07) is 0. The second-order valence-corrected chi connectivity index (χ2v) is 8.85. The van der Waals surface area contributed by atoms with E-state index in [1.165, 1.54) is 25.7 Å². The Morgan fingerprint density at radius 1 is 0.893 bits per heavy atom. The van der Waals surface area contributed by atoms with E-state index in [9.17, 15) is 22.6 Å². The van der Waals surface area contributed by atoms with Crippen molar-refractivity contribution in [3.63, 3.8) is 0 Å². The predicted molar refractivity (Wildman–Crippen MR) is 110 cm³/mol. The van der Waals surface area contributed by atoms with Gasteiger partial charge in [-0.25, -0.2) is 0 Å². The molecule has 1 radical (unpaired) electrons. The van der Waals surface area contributed by atoms with Gasteiger partial charge in [0, 0.05) is 29.6 Å². The first-order valence-electron chi connectivity index (χ1n) is 9.97. The van der Waals surface area contributed by atoms with Crippen LogP contribution < -0.4 is 0 Å². The van der Waals surface area contributed by atoms with Crippen LogP contribution in [0.25, 0.3) is 0 Å². The van der Waals surface area contributed by atoms with Gasteiger partial charge in [-0.2, -0.15) is 8.42 Å². The summed E-state index contributed by atoms with van der Waals surface area (Å²) in [5.74, 6) is -1.68. The molecule has 0 aromatic rings. The molecule has 0 spiro atoms. The standard InChI is InChI=1S/C19H36O7S.Na/c1-4-5-6-7-8-9-10-11-13-25-18(20)15-17(27(22,23)24)19(21)26-14-12-16(2)3;/h16-17H,4-15H2,1-3H3,(H,22,23,24);. The van der Waals surface area contributed by atoms with Crippen LogP contribution >= 0.6 is 0 Å². The third kappa shape index (κ3) is 16.8. The first-order valence-corrected chi connectivity index (χ1v) is 11.5. The monoisotopic (exact) mass is 431 g/mol. The van der Waals surface area contributed by atoms with Crippen LogP contribution in [-0.4, -0.2) is 72.9 Å². The van der Waals surface area contributed by atoms with Gasteiger partial charge in [-0.15, -0.1) is 0 Å². The molecule has 0 saturated carbocycles. The second-order valence-electron chi connectivity index (χ2n) is 7.25. The Hall–Kier alpha value is -0.150. The van der Waals surface area contributed by atoms with Crippen LogP contribution in [0.3, 0.4) is 0 Å². The van der Waals surface area contributed by atoms with E-state index >= 15 is 0 Å². The van der Waals surface area contributed by atoms with Crippen LogP contribution in [0.4, 0.5) is 0 Å². The molecule has 0 amide bonds. The molecule has 0 fully saturated rings. The largest absolute Gasteiger partial charge is 0.466 e. The van der Waals surface area contributed by atoms with Gasteiger partial charge in [0.15, 0.2) is 5.25 Å². The molecular formula is C19H36NaO7S. The second kappa shape index (κ2) is 17.7. The Morgan fingerprint density at radius 2 is 1.43 bits per heavy atom. The van der Waals surface area contributed by atoms with Crippen LogP contribution in [-0.2, 0) is 29.2 Å². The topological polar surface area (TPSA) is 107 Å². The Bertz CT molecular complexity index is 520. The maximum Gasteiger partial charge on any atom is 0.327 e. The third-order valence-electron chi connectivity index (χ3n) is 4.17. The van der Waals surface area contributed by atoms with Gasteiger partial charge in [0.2, 0.25) is 0 Å². The quantitative estimate of drug-likeness (QED) is 0.172. The number of unbranched alkanes of at least 4 members (excludes halogenated alkanes) is 7. The van der Waals surface area contributed by atoms with E-state index in [0.29, 0.717) is 12.8 Å². The summed E-state index contributed by atoms with van der Waals surface area (Å²) in [5, 5.41) is -1.93. The number of carbonyl (C=O) groups is 2. The summed E-state index contributed by atoms with van der Waals surface area (Å²) in [6.45, 7) is 6.24. The van der Waals surface area contributed by atoms with Crippen LogP contribution in [0.1, 0.15) is 85.0 Å². The van der Waals surface area contributed by atoms with Crippen LogP contribution in [0.15, 0.2) is 0 Å². The van der Waals surface area contributed by atoms with Gasteiger partial charge in [-0.1, -0.05) is 65.7 Å². The SMILES string of the molecule is CCCCCCCCCCOC(=O)CC(C(=O)OCCC(C)C)S(=O)(=O)O.[Na]. The van der Waals surface area contributed by atoms with Gasteiger partial charge in [0.05, 0.1) is 19.6 Å². The first-order chi connectivity index (χ1) is 12.7. The average Bonchev–Trinajstić information content (AvgIpc) is 2.56. The van der Waals surface area contributed by atoms with Gasteiger partial charge in [0.25, 0.3) is 10.1 Å². The van der Waals surface area contributed by atoms with Crippen molar-refractivity contribution in [2.24, 2.45) is 5.92 Å². The van der Waals surface area contributed by atoms with E-state index < -0.39 is 33.7 Å². The molecule has 0 aliphatic rings. The van der Waals surface area contributed by atoms with Gasteiger partial charge in [-0.3, -0.25) is 14.1 Å². The number of carbonyl (C=O) groups excluding carboxylic acids is 2. The molecule has 0 aromatic carbocycles. The van der Waals surface area contributed by atoms with Crippen molar-refractivity contribution in [3.05, 3.63) is 0 Å². The third-order valence-corrected chi connectivity index (χ3v) is 5.25. The minimum Gasteiger partial charge on any atom is -0.466 e. The first kappa shape index (κ1) is 30.0. The number of hydrogen-bond donors (Lipinski definition) is 1. The Balaban J connectivity index is 0. The number of hydrogen-bond acceptors (Lipinski definition) is 6. The van der Waals surface area contributed by atoms with Crippen LogP contribution in [0, 0.1) is 5.92 Å². The molecule has 0 rings (SSSR count). The van der Waals surface area contributed by atoms with Crippen molar-refractivity contribution in [1.29, 1.82) is 0 Å². The minimum absolute atomic E-state index is 0. The Morgan fingerprint density at radius 3 is 1.93 bits per heavy atom. The smallest absolute Gasteiger partial charge is 0.327 e. The minimum atomic E-state index is -4.74. The Labute approximate surface area is 192 Å². The summed E-state index contributed by atoms with van der Waals surface area (Å²) in [4.78, 5) is 23.6. The van der Waals surface area contributed by atoms with E-state index in [0.717, 1.165) is 19.3 Å². The van der Waals surface area contributed by atoms with E-state index in [2.05, 4.69) is 6.92 Å². The summed E-state index contributed by atoms with van der Waals surface area (Å²) >= 11 is 0. The summed E-state index contributed by atoms with van der Waals surface area (Å²) in [7, 11) is -4.74. The molecule has 0 aliphatic carbocycles. The summed E-state index contributed by atoms with van der Waals surface area (Å²) in [5.41, 5.74) is 0. The molecule has 9 heteroatoms. The van der Waals surface area contributed by atoms with Crippen molar-refractivity contribution in [3.8, 4) is 0 Å². The normalized spacial score (nSPS) is 12.3. The molecule has 1 unspecified atom stereocenters. The molecule has 0 aromatic heterocycles. The molecule has 0 heterocycles. The maximum atomic E-state index is 11.9. The predicted octanol–water partition coefficient (Wildman–Crippen LogP) is 3.53. The van der Waals surface area contributed by atoms with Crippen LogP contribution in [0.2, 0.25) is 0 Å². The molecule has 161 valence electrons. The van der Waals surface area contributed by atoms with Crippen molar-refractivity contribution in [2.75, 3.05) is 13.2 Å². The van der Waals surface area contributed by atoms with Crippen molar-refractivity contribution in [2.45, 2.75) is 90.2 Å². The zero-order valence-corrected chi connectivity index (χ0v) is 20.8. The fraction of sp³-hybridized carbons (Fsp3) is 0.895.